The minimum absolute atomic E-state index is 0.133. The summed E-state index contributed by atoms with van der Waals surface area (Å²) in [6.07, 6.45) is 0.671. The molecule has 0 bridgehead atoms. The van der Waals surface area contributed by atoms with E-state index in [1.807, 2.05) is 13.8 Å². The maximum Gasteiger partial charge on any atom is 0.319 e. The number of rotatable bonds is 6. The standard InChI is InChI=1S/C14H21FN2O3/c1-9(2)6-11(8-18)16-14(19)17-12-5-4-10(15)7-13(12)20-3/h4-5,7,9,11,18H,6,8H2,1-3H3,(H2,16,17,19). The number of methoxy groups -OCH3 is 1. The maximum atomic E-state index is 13.0. The number of aliphatic hydroxyl groups excluding tert-OH is 1. The number of anilines is 1. The summed E-state index contributed by atoms with van der Waals surface area (Å²) in [6.45, 7) is 3.88. The minimum atomic E-state index is -0.463. The molecule has 1 unspecified atom stereocenters. The van der Waals surface area contributed by atoms with Crippen molar-refractivity contribution in [1.82, 2.24) is 5.32 Å². The molecule has 0 aliphatic heterocycles. The molecule has 0 saturated carbocycles. The molecule has 0 aliphatic carbocycles. The van der Waals surface area contributed by atoms with Crippen LogP contribution < -0.4 is 15.4 Å². The zero-order valence-corrected chi connectivity index (χ0v) is 11.9. The molecule has 2 amide bonds. The third kappa shape index (κ3) is 5.05. The lowest BCUT2D eigenvalue weighted by molar-refractivity contribution is 0.214. The van der Waals surface area contributed by atoms with Crippen LogP contribution in [0.4, 0.5) is 14.9 Å². The van der Waals surface area contributed by atoms with Gasteiger partial charge in [-0.25, -0.2) is 9.18 Å². The molecule has 6 heteroatoms. The molecule has 0 saturated heterocycles. The molecule has 1 rings (SSSR count). The lowest BCUT2D eigenvalue weighted by Gasteiger charge is -2.19. The molecule has 5 nitrogen and oxygen atoms in total. The zero-order chi connectivity index (χ0) is 15.1. The molecule has 0 aromatic heterocycles. The highest BCUT2D eigenvalue weighted by molar-refractivity contribution is 5.91. The Hall–Kier alpha value is -1.82. The molecular weight excluding hydrogens is 263 g/mol. The quantitative estimate of drug-likeness (QED) is 0.751. The first kappa shape index (κ1) is 16.2. The van der Waals surface area contributed by atoms with E-state index in [0.29, 0.717) is 18.0 Å². The van der Waals surface area contributed by atoms with E-state index >= 15 is 0 Å². The van der Waals surface area contributed by atoms with E-state index in [4.69, 9.17) is 4.74 Å². The fraction of sp³-hybridized carbons (Fsp3) is 0.500. The average Bonchev–Trinajstić information content (AvgIpc) is 2.39. The number of carbonyl (C=O) groups excluding carboxylic acids is 1. The van der Waals surface area contributed by atoms with Gasteiger partial charge < -0.3 is 20.5 Å². The van der Waals surface area contributed by atoms with Crippen LogP contribution in [0, 0.1) is 11.7 Å². The molecule has 0 radical (unpaired) electrons. The van der Waals surface area contributed by atoms with Crippen LogP contribution in [-0.2, 0) is 0 Å². The van der Waals surface area contributed by atoms with Crippen LogP contribution in [0.25, 0.3) is 0 Å². The third-order valence-corrected chi connectivity index (χ3v) is 2.72. The number of halogens is 1. The number of nitrogens with one attached hydrogen (secondary N) is 2. The molecule has 0 heterocycles. The fourth-order valence-electron chi connectivity index (χ4n) is 1.86. The van der Waals surface area contributed by atoms with E-state index < -0.39 is 11.8 Å². The van der Waals surface area contributed by atoms with Crippen LogP contribution in [0.15, 0.2) is 18.2 Å². The van der Waals surface area contributed by atoms with Gasteiger partial charge in [0.1, 0.15) is 11.6 Å². The topological polar surface area (TPSA) is 70.6 Å². The predicted octanol–water partition coefficient (Wildman–Crippen LogP) is 2.36. The Morgan fingerprint density at radius 1 is 1.45 bits per heavy atom. The van der Waals surface area contributed by atoms with Crippen molar-refractivity contribution in [3.05, 3.63) is 24.0 Å². The van der Waals surface area contributed by atoms with Gasteiger partial charge in [0.15, 0.2) is 0 Å². The number of ether oxygens (including phenoxy) is 1. The van der Waals surface area contributed by atoms with Gasteiger partial charge in [-0.15, -0.1) is 0 Å². The second-order valence-corrected chi connectivity index (χ2v) is 4.95. The van der Waals surface area contributed by atoms with Gasteiger partial charge in [0.2, 0.25) is 0 Å². The van der Waals surface area contributed by atoms with E-state index in [-0.39, 0.29) is 18.4 Å². The highest BCUT2D eigenvalue weighted by Crippen LogP contribution is 2.24. The molecule has 1 aromatic carbocycles. The van der Waals surface area contributed by atoms with E-state index in [1.54, 1.807) is 0 Å². The summed E-state index contributed by atoms with van der Waals surface area (Å²) in [7, 11) is 1.40. The zero-order valence-electron chi connectivity index (χ0n) is 11.9. The van der Waals surface area contributed by atoms with Gasteiger partial charge in [-0.3, -0.25) is 0 Å². The van der Waals surface area contributed by atoms with Crippen LogP contribution in [0.1, 0.15) is 20.3 Å². The summed E-state index contributed by atoms with van der Waals surface area (Å²) >= 11 is 0. The van der Waals surface area contributed by atoms with Crippen molar-refractivity contribution in [2.24, 2.45) is 5.92 Å². The smallest absolute Gasteiger partial charge is 0.319 e. The highest BCUT2D eigenvalue weighted by atomic mass is 19.1. The Bertz CT molecular complexity index is 452. The molecule has 20 heavy (non-hydrogen) atoms. The molecule has 0 fully saturated rings. The summed E-state index contributed by atoms with van der Waals surface area (Å²) in [4.78, 5) is 11.8. The Morgan fingerprint density at radius 3 is 2.70 bits per heavy atom. The molecule has 112 valence electrons. The predicted molar refractivity (Wildman–Crippen MR) is 75.4 cm³/mol. The number of urea groups is 1. The Kier molecular flexibility index (Phi) is 6.24. The van der Waals surface area contributed by atoms with Crippen molar-refractivity contribution in [1.29, 1.82) is 0 Å². The van der Waals surface area contributed by atoms with E-state index in [2.05, 4.69) is 10.6 Å². The van der Waals surface area contributed by atoms with E-state index in [1.165, 1.54) is 25.3 Å². The molecule has 0 spiro atoms. The van der Waals surface area contributed by atoms with Gasteiger partial charge in [0.25, 0.3) is 0 Å². The number of carbonyl (C=O) groups is 1. The van der Waals surface area contributed by atoms with Crippen molar-refractivity contribution in [2.75, 3.05) is 19.0 Å². The number of aliphatic hydroxyl groups is 1. The summed E-state index contributed by atoms with van der Waals surface area (Å²) in [5.74, 6) is 0.151. The van der Waals surface area contributed by atoms with Crippen molar-refractivity contribution in [3.8, 4) is 5.75 Å². The Morgan fingerprint density at radius 2 is 2.15 bits per heavy atom. The van der Waals surface area contributed by atoms with E-state index in [0.717, 1.165) is 0 Å². The number of hydrogen-bond acceptors (Lipinski definition) is 3. The Balaban J connectivity index is 2.66. The van der Waals surface area contributed by atoms with Crippen molar-refractivity contribution >= 4 is 11.7 Å². The van der Waals surface area contributed by atoms with Crippen molar-refractivity contribution in [2.45, 2.75) is 26.3 Å². The molecular formula is C14H21FN2O3. The lowest BCUT2D eigenvalue weighted by Crippen LogP contribution is -2.41. The van der Waals surface area contributed by atoms with Gasteiger partial charge >= 0.3 is 6.03 Å². The van der Waals surface area contributed by atoms with Gasteiger partial charge in [0.05, 0.1) is 25.4 Å². The average molecular weight is 284 g/mol. The van der Waals surface area contributed by atoms with Gasteiger partial charge in [-0.1, -0.05) is 13.8 Å². The Labute approximate surface area is 118 Å². The second kappa shape index (κ2) is 7.69. The largest absolute Gasteiger partial charge is 0.494 e. The first-order chi connectivity index (χ1) is 9.46. The molecule has 3 N–H and O–H groups in total. The van der Waals surface area contributed by atoms with Crippen molar-refractivity contribution in [3.63, 3.8) is 0 Å². The third-order valence-electron chi connectivity index (χ3n) is 2.72. The summed E-state index contributed by atoms with van der Waals surface area (Å²) in [5.41, 5.74) is 0.368. The minimum Gasteiger partial charge on any atom is -0.494 e. The highest BCUT2D eigenvalue weighted by Gasteiger charge is 2.14. The van der Waals surface area contributed by atoms with Crippen LogP contribution in [0.5, 0.6) is 5.75 Å². The maximum absolute atomic E-state index is 13.0. The van der Waals surface area contributed by atoms with Crippen LogP contribution in [0.2, 0.25) is 0 Å². The molecule has 0 aliphatic rings. The van der Waals surface area contributed by atoms with Gasteiger partial charge in [-0.05, 0) is 24.5 Å². The monoisotopic (exact) mass is 284 g/mol. The van der Waals surface area contributed by atoms with Crippen LogP contribution >= 0.6 is 0 Å². The first-order valence-corrected chi connectivity index (χ1v) is 6.48. The normalized spacial score (nSPS) is 12.1. The number of amides is 2. The van der Waals surface area contributed by atoms with Gasteiger partial charge in [0, 0.05) is 6.07 Å². The number of hydrogen-bond donors (Lipinski definition) is 3. The SMILES string of the molecule is COc1cc(F)ccc1NC(=O)NC(CO)CC(C)C. The second-order valence-electron chi connectivity index (χ2n) is 4.95. The number of benzene rings is 1. The van der Waals surface area contributed by atoms with Crippen molar-refractivity contribution < 1.29 is 19.0 Å². The summed E-state index contributed by atoms with van der Waals surface area (Å²) in [6, 6.07) is 3.06. The van der Waals surface area contributed by atoms with Gasteiger partial charge in [-0.2, -0.15) is 0 Å². The fourth-order valence-corrected chi connectivity index (χ4v) is 1.86. The van der Waals surface area contributed by atoms with Crippen LogP contribution in [0.3, 0.4) is 0 Å². The lowest BCUT2D eigenvalue weighted by atomic mass is 10.0. The summed E-state index contributed by atoms with van der Waals surface area (Å²) < 4.78 is 18.0. The molecule has 1 aromatic rings. The first-order valence-electron chi connectivity index (χ1n) is 6.48. The van der Waals surface area contributed by atoms with E-state index in [9.17, 15) is 14.3 Å². The van der Waals surface area contributed by atoms with Crippen LogP contribution in [-0.4, -0.2) is 30.9 Å². The molecule has 1 atom stereocenters. The summed E-state index contributed by atoms with van der Waals surface area (Å²) in [5, 5.41) is 14.4.